The minimum Gasteiger partial charge on any atom is -0.350 e. The van der Waals surface area contributed by atoms with Crippen LogP contribution in [-0.4, -0.2) is 43.7 Å². The smallest absolute Gasteiger partial charge is 0.246 e. The van der Waals surface area contributed by atoms with Gasteiger partial charge in [0.1, 0.15) is 11.7 Å². The molecule has 4 rings (SSSR count). The molecule has 0 radical (unpaired) electrons. The average Bonchev–Trinajstić information content (AvgIpc) is 3.13. The summed E-state index contributed by atoms with van der Waals surface area (Å²) in [7, 11) is 1.84. The number of pyridine rings is 1. The summed E-state index contributed by atoms with van der Waals surface area (Å²) in [5.74, 6) is 0.573. The van der Waals surface area contributed by atoms with Gasteiger partial charge in [0.15, 0.2) is 5.82 Å². The van der Waals surface area contributed by atoms with E-state index in [0.29, 0.717) is 36.2 Å². The van der Waals surface area contributed by atoms with Gasteiger partial charge in [0.25, 0.3) is 0 Å². The molecule has 0 bridgehead atoms. The highest BCUT2D eigenvalue weighted by atomic mass is 19.1. The molecule has 4 heterocycles. The van der Waals surface area contributed by atoms with E-state index in [0.717, 1.165) is 11.1 Å². The lowest BCUT2D eigenvalue weighted by Gasteiger charge is -2.32. The van der Waals surface area contributed by atoms with Crippen molar-refractivity contribution < 1.29 is 9.18 Å². The molecule has 1 aliphatic rings. The lowest BCUT2D eigenvalue weighted by molar-refractivity contribution is -0.117. The van der Waals surface area contributed by atoms with Crippen molar-refractivity contribution in [2.24, 2.45) is 0 Å². The maximum Gasteiger partial charge on any atom is 0.246 e. The topological polar surface area (TPSA) is 101 Å². The van der Waals surface area contributed by atoms with Crippen molar-refractivity contribution in [2.45, 2.75) is 33.0 Å². The predicted octanol–water partition coefficient (Wildman–Crippen LogP) is 1.95. The minimum atomic E-state index is -0.507. The molecule has 3 aromatic rings. The van der Waals surface area contributed by atoms with Crippen LogP contribution in [0.2, 0.25) is 0 Å². The van der Waals surface area contributed by atoms with E-state index in [-0.39, 0.29) is 11.9 Å². The summed E-state index contributed by atoms with van der Waals surface area (Å²) in [5.41, 5.74) is 3.06. The van der Waals surface area contributed by atoms with Crippen molar-refractivity contribution >= 4 is 23.4 Å². The van der Waals surface area contributed by atoms with Gasteiger partial charge in [-0.05, 0) is 31.5 Å². The highest BCUT2D eigenvalue weighted by Gasteiger charge is 2.30. The Balaban J connectivity index is 1.45. The van der Waals surface area contributed by atoms with Gasteiger partial charge in [-0.3, -0.25) is 9.48 Å². The second-order valence-corrected chi connectivity index (χ2v) is 6.99. The van der Waals surface area contributed by atoms with Crippen LogP contribution in [-0.2, 0) is 17.9 Å². The van der Waals surface area contributed by atoms with Gasteiger partial charge < -0.3 is 15.5 Å². The number of hydrogen-bond donors (Lipinski definition) is 2. The fraction of sp³-hybridized carbons (Fsp3) is 0.316. The number of nitrogens with one attached hydrogen (secondary N) is 2. The van der Waals surface area contributed by atoms with Crippen LogP contribution in [0.15, 0.2) is 30.7 Å². The van der Waals surface area contributed by atoms with Crippen molar-refractivity contribution in [1.29, 1.82) is 0 Å². The first-order chi connectivity index (χ1) is 13.9. The van der Waals surface area contributed by atoms with Crippen LogP contribution in [0.4, 0.5) is 21.8 Å². The monoisotopic (exact) mass is 396 g/mol. The fourth-order valence-electron chi connectivity index (χ4n) is 3.12. The maximum absolute atomic E-state index is 13.2. The SMILES string of the molecule is Cc1nc(NCc2cnn(Cc3ccnc(F)c3)c2)nc2c1NC(=O)[C@H](C)N2C. The second kappa shape index (κ2) is 7.46. The Bertz CT molecular complexity index is 1070. The zero-order chi connectivity index (χ0) is 20.5. The summed E-state index contributed by atoms with van der Waals surface area (Å²) in [6.45, 7) is 4.60. The normalized spacial score (nSPS) is 15.8. The van der Waals surface area contributed by atoms with E-state index in [9.17, 15) is 9.18 Å². The van der Waals surface area contributed by atoms with Gasteiger partial charge in [0, 0.05) is 31.5 Å². The van der Waals surface area contributed by atoms with Gasteiger partial charge in [0.2, 0.25) is 17.8 Å². The number of halogens is 1. The molecule has 0 aromatic carbocycles. The van der Waals surface area contributed by atoms with Crippen molar-refractivity contribution in [3.05, 3.63) is 53.5 Å². The summed E-state index contributed by atoms with van der Waals surface area (Å²) in [5, 5.41) is 10.4. The predicted molar refractivity (Wildman–Crippen MR) is 106 cm³/mol. The van der Waals surface area contributed by atoms with Gasteiger partial charge in [-0.15, -0.1) is 0 Å². The zero-order valence-electron chi connectivity index (χ0n) is 16.3. The van der Waals surface area contributed by atoms with Crippen LogP contribution in [0.5, 0.6) is 0 Å². The van der Waals surface area contributed by atoms with Gasteiger partial charge in [0.05, 0.1) is 18.4 Å². The van der Waals surface area contributed by atoms with Crippen LogP contribution in [0.1, 0.15) is 23.7 Å². The van der Waals surface area contributed by atoms with E-state index in [2.05, 4.69) is 30.7 Å². The summed E-state index contributed by atoms with van der Waals surface area (Å²) in [6, 6.07) is 2.84. The first-order valence-electron chi connectivity index (χ1n) is 9.18. The zero-order valence-corrected chi connectivity index (χ0v) is 16.3. The lowest BCUT2D eigenvalue weighted by Crippen LogP contribution is -2.44. The molecule has 3 aromatic heterocycles. The van der Waals surface area contributed by atoms with Crippen LogP contribution in [0.25, 0.3) is 0 Å². The number of anilines is 3. The second-order valence-electron chi connectivity index (χ2n) is 6.99. The van der Waals surface area contributed by atoms with Crippen LogP contribution in [0.3, 0.4) is 0 Å². The van der Waals surface area contributed by atoms with Gasteiger partial charge in [-0.25, -0.2) is 9.97 Å². The first kappa shape index (κ1) is 18.8. The quantitative estimate of drug-likeness (QED) is 0.636. The third-order valence-electron chi connectivity index (χ3n) is 4.89. The van der Waals surface area contributed by atoms with E-state index >= 15 is 0 Å². The van der Waals surface area contributed by atoms with Crippen LogP contribution >= 0.6 is 0 Å². The minimum absolute atomic E-state index is 0.0751. The standard InChI is InChI=1S/C19H21FN8O/c1-11-16-17(27(3)12(2)18(29)25-16)26-19(24-11)22-7-14-8-23-28(10-14)9-13-4-5-21-15(20)6-13/h4-6,8,10,12H,7,9H2,1-3H3,(H,25,29)(H,22,24,26)/t12-/m0/s1. The van der Waals surface area contributed by atoms with Crippen LogP contribution in [0, 0.1) is 12.9 Å². The third kappa shape index (κ3) is 3.86. The first-order valence-corrected chi connectivity index (χ1v) is 9.18. The number of aryl methyl sites for hydroxylation is 1. The molecule has 2 N–H and O–H groups in total. The molecule has 0 unspecified atom stereocenters. The van der Waals surface area contributed by atoms with E-state index in [4.69, 9.17) is 0 Å². The largest absolute Gasteiger partial charge is 0.350 e. The summed E-state index contributed by atoms with van der Waals surface area (Å²) in [6.07, 6.45) is 5.06. The maximum atomic E-state index is 13.2. The highest BCUT2D eigenvalue weighted by Crippen LogP contribution is 2.32. The average molecular weight is 396 g/mol. The number of fused-ring (bicyclic) bond motifs is 1. The summed E-state index contributed by atoms with van der Waals surface area (Å²) < 4.78 is 15.0. The van der Waals surface area contributed by atoms with Crippen molar-refractivity contribution in [3.63, 3.8) is 0 Å². The number of nitrogens with zero attached hydrogens (tertiary/aromatic N) is 6. The number of rotatable bonds is 5. The van der Waals surface area contributed by atoms with Crippen molar-refractivity contribution in [1.82, 2.24) is 24.7 Å². The van der Waals surface area contributed by atoms with Crippen molar-refractivity contribution in [3.8, 4) is 0 Å². The Morgan fingerprint density at radius 1 is 1.31 bits per heavy atom. The van der Waals surface area contributed by atoms with Gasteiger partial charge >= 0.3 is 0 Å². The molecule has 150 valence electrons. The number of carbonyl (C=O) groups excluding carboxylic acids is 1. The molecule has 0 fully saturated rings. The number of carbonyl (C=O) groups is 1. The molecule has 0 saturated heterocycles. The molecule has 10 heteroatoms. The fourth-order valence-corrected chi connectivity index (χ4v) is 3.12. The number of aromatic nitrogens is 5. The molecule has 9 nitrogen and oxygen atoms in total. The molecule has 0 spiro atoms. The molecular formula is C19H21FN8O. The Kier molecular flexibility index (Phi) is 4.83. The summed E-state index contributed by atoms with van der Waals surface area (Å²) in [4.78, 5) is 26.4. The molecular weight excluding hydrogens is 375 g/mol. The molecule has 1 atom stereocenters. The van der Waals surface area contributed by atoms with Gasteiger partial charge in [-0.1, -0.05) is 0 Å². The number of hydrogen-bond acceptors (Lipinski definition) is 7. The summed E-state index contributed by atoms with van der Waals surface area (Å²) >= 11 is 0. The Morgan fingerprint density at radius 2 is 2.14 bits per heavy atom. The Labute approximate surface area is 167 Å². The number of amides is 1. The Hall–Kier alpha value is -3.56. The van der Waals surface area contributed by atoms with E-state index in [1.54, 1.807) is 16.9 Å². The Morgan fingerprint density at radius 3 is 2.93 bits per heavy atom. The molecule has 1 amide bonds. The molecule has 0 aliphatic carbocycles. The van der Waals surface area contributed by atoms with E-state index < -0.39 is 5.95 Å². The molecule has 1 aliphatic heterocycles. The lowest BCUT2D eigenvalue weighted by atomic mass is 10.2. The molecule has 0 saturated carbocycles. The number of likely N-dealkylation sites (N-methyl/N-ethyl adjacent to an activating group) is 1. The van der Waals surface area contributed by atoms with E-state index in [1.165, 1.54) is 12.3 Å². The van der Waals surface area contributed by atoms with Crippen molar-refractivity contribution in [2.75, 3.05) is 22.6 Å². The third-order valence-corrected chi connectivity index (χ3v) is 4.89. The van der Waals surface area contributed by atoms with Crippen LogP contribution < -0.4 is 15.5 Å². The van der Waals surface area contributed by atoms with Gasteiger partial charge in [-0.2, -0.15) is 14.5 Å². The van der Waals surface area contributed by atoms with E-state index in [1.807, 2.05) is 32.0 Å². The highest BCUT2D eigenvalue weighted by molar-refractivity contribution is 6.03. The molecule has 29 heavy (non-hydrogen) atoms.